The van der Waals surface area contributed by atoms with Crippen molar-refractivity contribution in [3.8, 4) is 0 Å². The molecule has 0 amide bonds. The Morgan fingerprint density at radius 2 is 1.01 bits per heavy atom. The fourth-order valence-electron chi connectivity index (χ4n) is 18.5. The van der Waals surface area contributed by atoms with Gasteiger partial charge in [-0.05, 0) is 99.7 Å². The van der Waals surface area contributed by atoms with E-state index in [2.05, 4.69) is 33.8 Å². The number of hydrogen-bond donors (Lipinski definition) is 20. The third-order valence-corrected chi connectivity index (χ3v) is 24.7. The van der Waals surface area contributed by atoms with E-state index >= 15 is 0 Å². The highest BCUT2D eigenvalue weighted by atomic mass is 16.8. The maximum atomic E-state index is 13.0. The van der Waals surface area contributed by atoms with Gasteiger partial charge < -0.3 is 159 Å². The molecule has 0 radical (unpaired) electrons. The lowest BCUT2D eigenvalue weighted by Gasteiger charge is -2.67. The predicted octanol–water partition coefficient (Wildman–Crippen LogP) is -5.53. The van der Waals surface area contributed by atoms with Crippen LogP contribution in [0.25, 0.3) is 0 Å². The predicted molar refractivity (Wildman–Crippen MR) is 330 cm³/mol. The largest absolute Gasteiger partial charge is 0.394 e. The number of aliphatic hydroxyl groups is 20. The van der Waals surface area contributed by atoms with Crippen LogP contribution in [-0.2, 0) is 56.8 Å². The van der Waals surface area contributed by atoms with Crippen LogP contribution >= 0.6 is 0 Å². The van der Waals surface area contributed by atoms with E-state index < -0.39 is 252 Å². The molecule has 32 heteroatoms. The highest BCUT2D eigenvalue weighted by Gasteiger charge is 2.71. The first-order valence-corrected chi connectivity index (χ1v) is 34.9. The minimum absolute atomic E-state index is 0.000800. The third-order valence-electron chi connectivity index (χ3n) is 24.7. The van der Waals surface area contributed by atoms with Crippen LogP contribution in [0.1, 0.15) is 120 Å². The second kappa shape index (κ2) is 31.1. The molecule has 6 heterocycles. The zero-order valence-electron chi connectivity index (χ0n) is 56.9. The summed E-state index contributed by atoms with van der Waals surface area (Å²) in [4.78, 5) is 0. The van der Waals surface area contributed by atoms with Gasteiger partial charge in [-0.15, -0.1) is 0 Å². The molecule has 10 aliphatic rings. The summed E-state index contributed by atoms with van der Waals surface area (Å²) >= 11 is 0. The number of fused-ring (bicyclic) bond motifs is 5. The second-order valence-corrected chi connectivity index (χ2v) is 31.3. The Morgan fingerprint density at radius 3 is 1.57 bits per heavy atom. The van der Waals surface area contributed by atoms with Crippen molar-refractivity contribution >= 4 is 0 Å². The molecule has 32 nitrogen and oxygen atoms in total. The van der Waals surface area contributed by atoms with Crippen molar-refractivity contribution in [2.75, 3.05) is 39.6 Å². The van der Waals surface area contributed by atoms with Crippen LogP contribution in [0.5, 0.6) is 0 Å². The first kappa shape index (κ1) is 79.0. The van der Waals surface area contributed by atoms with Gasteiger partial charge in [0.1, 0.15) is 122 Å². The van der Waals surface area contributed by atoms with Gasteiger partial charge in [0.05, 0.1) is 75.8 Å². The van der Waals surface area contributed by atoms with Gasteiger partial charge >= 0.3 is 0 Å². The fraction of sp³-hybridized carbons (Fsp3) is 0.970. The lowest BCUT2D eigenvalue weighted by atomic mass is 9.38. The van der Waals surface area contributed by atoms with Gasteiger partial charge in [0.25, 0.3) is 0 Å². The van der Waals surface area contributed by atoms with Crippen molar-refractivity contribution in [3.63, 3.8) is 0 Å². The molecule has 4 aliphatic carbocycles. The molecule has 0 aromatic rings. The maximum Gasteiger partial charge on any atom is 0.187 e. The van der Waals surface area contributed by atoms with Crippen molar-refractivity contribution < 1.29 is 159 Å². The number of rotatable bonds is 23. The van der Waals surface area contributed by atoms with Gasteiger partial charge in [0.2, 0.25) is 0 Å². The Morgan fingerprint density at radius 1 is 0.510 bits per heavy atom. The molecule has 20 N–H and O–H groups in total. The molecule has 0 spiro atoms. The molecule has 0 aromatic carbocycles. The lowest BCUT2D eigenvalue weighted by Crippen LogP contribution is -2.66. The lowest BCUT2D eigenvalue weighted by molar-refractivity contribution is -0.372. The van der Waals surface area contributed by atoms with Crippen LogP contribution in [0.3, 0.4) is 0 Å². The van der Waals surface area contributed by atoms with Gasteiger partial charge in [0.15, 0.2) is 37.7 Å². The summed E-state index contributed by atoms with van der Waals surface area (Å²) < 4.78 is 72.5. The van der Waals surface area contributed by atoms with Crippen LogP contribution < -0.4 is 0 Å². The summed E-state index contributed by atoms with van der Waals surface area (Å²) in [5, 5.41) is 217. The summed E-state index contributed by atoms with van der Waals surface area (Å²) in [6, 6.07) is 0. The molecule has 0 aromatic heterocycles. The smallest absolute Gasteiger partial charge is 0.187 e. The summed E-state index contributed by atoms with van der Waals surface area (Å²) in [7, 11) is 0. The summed E-state index contributed by atoms with van der Waals surface area (Å²) in [6.07, 6.45) is -40.7. The van der Waals surface area contributed by atoms with E-state index in [-0.39, 0.29) is 48.3 Å². The third kappa shape index (κ3) is 14.9. The average Bonchev–Trinajstić information content (AvgIpc) is 1.38. The molecule has 568 valence electrons. The summed E-state index contributed by atoms with van der Waals surface area (Å²) in [6.45, 7) is 12.1. The number of aliphatic hydroxyl groups excluding tert-OH is 19. The second-order valence-electron chi connectivity index (χ2n) is 31.3. The van der Waals surface area contributed by atoms with Gasteiger partial charge in [-0.3, -0.25) is 0 Å². The molecule has 38 atom stereocenters. The van der Waals surface area contributed by atoms with Gasteiger partial charge in [-0.2, -0.15) is 0 Å². The quantitative estimate of drug-likeness (QED) is 0.0424. The number of allylic oxidation sites excluding steroid dienone is 1. The first-order chi connectivity index (χ1) is 46.0. The zero-order chi connectivity index (χ0) is 71.8. The molecule has 98 heavy (non-hydrogen) atoms. The van der Waals surface area contributed by atoms with Crippen LogP contribution in [0, 0.1) is 45.3 Å². The van der Waals surface area contributed by atoms with Crippen LogP contribution in [-0.4, -0.2) is 338 Å². The minimum atomic E-state index is -1.94. The summed E-state index contributed by atoms with van der Waals surface area (Å²) in [5.74, 6) is -0.0767. The van der Waals surface area contributed by atoms with E-state index in [1.54, 1.807) is 13.8 Å². The Hall–Kier alpha value is -1.54. The summed E-state index contributed by atoms with van der Waals surface area (Å²) in [5.41, 5.74) is -2.64. The normalized spacial score (nSPS) is 51.3. The zero-order valence-corrected chi connectivity index (χ0v) is 56.9. The van der Waals surface area contributed by atoms with Crippen molar-refractivity contribution in [2.45, 2.75) is 316 Å². The average molecular weight is 1420 g/mol. The highest BCUT2D eigenvalue weighted by Crippen LogP contribution is 2.75. The van der Waals surface area contributed by atoms with Crippen molar-refractivity contribution in [3.05, 3.63) is 11.6 Å². The Labute approximate surface area is 569 Å². The van der Waals surface area contributed by atoms with Crippen LogP contribution in [0.2, 0.25) is 0 Å². The van der Waals surface area contributed by atoms with Crippen LogP contribution in [0.4, 0.5) is 0 Å². The molecule has 9 fully saturated rings. The first-order valence-electron chi connectivity index (χ1n) is 34.9. The van der Waals surface area contributed by atoms with E-state index in [4.69, 9.17) is 56.8 Å². The number of ether oxygens (including phenoxy) is 12. The van der Waals surface area contributed by atoms with E-state index in [0.717, 1.165) is 18.4 Å². The molecule has 0 unspecified atom stereocenters. The molecule has 6 aliphatic heterocycles. The monoisotopic (exact) mass is 1420 g/mol. The molecule has 3 saturated carbocycles. The Bertz CT molecular complexity index is 2600. The van der Waals surface area contributed by atoms with E-state index in [1.807, 2.05) is 13.8 Å². The van der Waals surface area contributed by atoms with Gasteiger partial charge in [-0.1, -0.05) is 53.2 Å². The number of hydrogen-bond acceptors (Lipinski definition) is 32. The van der Waals surface area contributed by atoms with Crippen LogP contribution in [0.15, 0.2) is 11.6 Å². The van der Waals surface area contributed by atoms with Gasteiger partial charge in [0, 0.05) is 23.7 Å². The molecule has 0 bridgehead atoms. The standard InChI is InChI=1S/C66H112O32/c1-26(9-13-40(63(4,5)86)96-61-56(97-41-18-27(71)17-28(20-67)89-41)49(80)45(76)35(93-61)24-87-57-51(82)46(77)42(73)32(21-68)90-57)29-15-16-64(6)37-12-10-30-31(66(37,8)38(72)19-65(29,64)7)11-14-39(62(30,2)3)95-59-54(85)50(81)55(98-60-53(84)48(79)44(75)34(23-70)92-60)36(94-59)25-88-58-52(83)47(78)43(74)33(22-69)91-58/h10,26-29,31-61,67-86H,9,11-25H2,1-8H3/t26-,27+,28+,29-,31-,32-,33-,34-,35-,36-,37+,38-,39+,40-,41+,42-,43-,44-,45-,46+,47+,48+,49+,50-,51-,52-,53-,54-,55-,56-,57-,58-,59+,60+,61+,64+,65-,66+/m1/s1. The SMILES string of the molecule is C[C@H](CC[C@@H](O[C@@H]1O[C@H](CO[C@@H]2O[C@H](CO)[C@@H](O)[C@H](O)[C@H]2O)[C@@H](O)[C@H](O)[C@H]1O[C@H]1C[C@@H](O)C[C@@H](CO)O1)C(C)(C)O)[C@H]1CC[C@@]2(C)[C@@H]3CC=C4[C@@H](CC[C@H](O[C@@H]5O[C@H](CO[C@@H]6O[C@H](CO)[C@@H](O)[C@H](O)[C@H]6O)[C@@H](O[C@@H]6O[C@H](CO)[C@@H](O)[C@H](O)[C@H]6O)[C@H](O)[C@H]5O)C4(C)C)[C@]3(C)[C@H](O)C[C@]12C. The molecular formula is C66H112O32. The molecular weight excluding hydrogens is 1300 g/mol. The topological polar surface area (TPSA) is 515 Å². The maximum absolute atomic E-state index is 13.0. The van der Waals surface area contributed by atoms with Crippen molar-refractivity contribution in [2.24, 2.45) is 45.3 Å². The minimum Gasteiger partial charge on any atom is -0.394 e. The Kier molecular flexibility index (Phi) is 25.1. The highest BCUT2D eigenvalue weighted by molar-refractivity contribution is 5.32. The van der Waals surface area contributed by atoms with E-state index in [0.29, 0.717) is 32.1 Å². The molecule has 10 rings (SSSR count). The molecule has 6 saturated heterocycles. The fourth-order valence-corrected chi connectivity index (χ4v) is 18.5. The van der Waals surface area contributed by atoms with Crippen molar-refractivity contribution in [1.29, 1.82) is 0 Å². The van der Waals surface area contributed by atoms with E-state index in [9.17, 15) is 102 Å². The van der Waals surface area contributed by atoms with E-state index in [1.165, 1.54) is 0 Å². The Balaban J connectivity index is 0.831. The van der Waals surface area contributed by atoms with Gasteiger partial charge in [-0.25, -0.2) is 0 Å². The van der Waals surface area contributed by atoms with Crippen molar-refractivity contribution in [1.82, 2.24) is 0 Å².